The van der Waals surface area contributed by atoms with Crippen molar-refractivity contribution in [2.24, 2.45) is 0 Å². The number of rotatable bonds is 3. The van der Waals surface area contributed by atoms with Crippen molar-refractivity contribution in [3.05, 3.63) is 46.7 Å². The van der Waals surface area contributed by atoms with Crippen molar-refractivity contribution < 1.29 is 13.2 Å². The summed E-state index contributed by atoms with van der Waals surface area (Å²) in [5.74, 6) is 0.142. The van der Waals surface area contributed by atoms with Crippen LogP contribution in [0.15, 0.2) is 41.8 Å². The van der Waals surface area contributed by atoms with E-state index >= 15 is 0 Å². The number of carbonyl (C=O) groups is 1. The summed E-state index contributed by atoms with van der Waals surface area (Å²) in [4.78, 5) is 15.0. The first-order valence-corrected chi connectivity index (χ1v) is 9.78. The highest BCUT2D eigenvalue weighted by molar-refractivity contribution is 7.91. The molecule has 1 saturated heterocycles. The summed E-state index contributed by atoms with van der Waals surface area (Å²) in [5.41, 5.74) is 1.91. The Labute approximate surface area is 134 Å². The van der Waals surface area contributed by atoms with Crippen molar-refractivity contribution in [2.45, 2.75) is 12.5 Å². The van der Waals surface area contributed by atoms with Crippen molar-refractivity contribution in [1.29, 1.82) is 0 Å². The van der Waals surface area contributed by atoms with Gasteiger partial charge >= 0.3 is 0 Å². The van der Waals surface area contributed by atoms with Gasteiger partial charge in [-0.25, -0.2) is 8.42 Å². The van der Waals surface area contributed by atoms with Crippen molar-refractivity contribution >= 4 is 27.1 Å². The van der Waals surface area contributed by atoms with Gasteiger partial charge in [0.2, 0.25) is 0 Å². The van der Waals surface area contributed by atoms with Crippen molar-refractivity contribution in [3.63, 3.8) is 0 Å². The molecule has 1 aromatic heterocycles. The number of amides is 1. The Kier molecular flexibility index (Phi) is 4.06. The summed E-state index contributed by atoms with van der Waals surface area (Å²) in [5, 5.41) is 1.90. The molecule has 0 bridgehead atoms. The van der Waals surface area contributed by atoms with E-state index in [1.54, 1.807) is 11.9 Å². The Bertz CT molecular complexity index is 781. The third-order valence-electron chi connectivity index (χ3n) is 4.02. The minimum atomic E-state index is -3.00. The Balaban J connectivity index is 1.86. The maximum absolute atomic E-state index is 12.7. The Morgan fingerprint density at radius 1 is 1.23 bits per heavy atom. The summed E-state index contributed by atoms with van der Waals surface area (Å²) < 4.78 is 23.2. The predicted molar refractivity (Wildman–Crippen MR) is 88.9 cm³/mol. The molecule has 22 heavy (non-hydrogen) atoms. The van der Waals surface area contributed by atoms with Crippen LogP contribution in [0.1, 0.15) is 16.1 Å². The molecule has 1 aliphatic heterocycles. The number of carbonyl (C=O) groups excluding carboxylic acids is 1. The van der Waals surface area contributed by atoms with E-state index in [1.807, 2.05) is 41.8 Å². The zero-order valence-electron chi connectivity index (χ0n) is 12.2. The molecular weight excluding hydrogens is 318 g/mol. The minimum absolute atomic E-state index is 0.0707. The first-order valence-electron chi connectivity index (χ1n) is 7.08. The zero-order valence-corrected chi connectivity index (χ0v) is 13.9. The van der Waals surface area contributed by atoms with Crippen LogP contribution in [0.25, 0.3) is 11.1 Å². The molecule has 1 atom stereocenters. The molecule has 0 radical (unpaired) electrons. The third-order valence-corrected chi connectivity index (χ3v) is 6.67. The molecule has 0 N–H and O–H groups in total. The van der Waals surface area contributed by atoms with E-state index in [2.05, 4.69) is 0 Å². The van der Waals surface area contributed by atoms with Gasteiger partial charge in [-0.2, -0.15) is 0 Å². The van der Waals surface area contributed by atoms with E-state index in [0.717, 1.165) is 11.1 Å². The fourth-order valence-electron chi connectivity index (χ4n) is 2.73. The van der Waals surface area contributed by atoms with Gasteiger partial charge in [0.1, 0.15) is 0 Å². The molecule has 2 aromatic rings. The lowest BCUT2D eigenvalue weighted by Gasteiger charge is -2.23. The van der Waals surface area contributed by atoms with Gasteiger partial charge in [-0.3, -0.25) is 4.79 Å². The standard InChI is InChI=1S/C16H17NO3S2/c1-17(13-8-10-22(19,20)11-13)16(18)15-14(7-9-21-15)12-5-3-2-4-6-12/h2-7,9,13H,8,10-11H2,1H3. The monoisotopic (exact) mass is 335 g/mol. The summed E-state index contributed by atoms with van der Waals surface area (Å²) >= 11 is 1.40. The second-order valence-corrected chi connectivity index (χ2v) is 8.65. The van der Waals surface area contributed by atoms with Crippen molar-refractivity contribution in [2.75, 3.05) is 18.6 Å². The van der Waals surface area contributed by atoms with Crippen LogP contribution in [0.4, 0.5) is 0 Å². The van der Waals surface area contributed by atoms with Gasteiger partial charge in [0, 0.05) is 18.7 Å². The molecular formula is C16H17NO3S2. The molecule has 6 heteroatoms. The molecule has 1 aliphatic rings. The van der Waals surface area contributed by atoms with E-state index in [9.17, 15) is 13.2 Å². The van der Waals surface area contributed by atoms with Gasteiger partial charge in [0.25, 0.3) is 5.91 Å². The highest BCUT2D eigenvalue weighted by atomic mass is 32.2. The maximum Gasteiger partial charge on any atom is 0.264 e. The molecule has 1 aromatic carbocycles. The lowest BCUT2D eigenvalue weighted by atomic mass is 10.1. The molecule has 4 nitrogen and oxygen atoms in total. The first kappa shape index (κ1) is 15.2. The number of benzene rings is 1. The molecule has 2 heterocycles. The Hall–Kier alpha value is -1.66. The van der Waals surface area contributed by atoms with Crippen molar-refractivity contribution in [1.82, 2.24) is 4.90 Å². The molecule has 0 spiro atoms. The fraction of sp³-hybridized carbons (Fsp3) is 0.312. The summed E-state index contributed by atoms with van der Waals surface area (Å²) in [7, 11) is -1.30. The quantitative estimate of drug-likeness (QED) is 0.866. The van der Waals surface area contributed by atoms with Crippen LogP contribution in [-0.2, 0) is 9.84 Å². The fourth-order valence-corrected chi connectivity index (χ4v) is 5.40. The second-order valence-electron chi connectivity index (χ2n) is 5.50. The topological polar surface area (TPSA) is 54.5 Å². The molecule has 0 aliphatic carbocycles. The SMILES string of the molecule is CN(C(=O)c1sccc1-c1ccccc1)C1CCS(=O)(=O)C1. The lowest BCUT2D eigenvalue weighted by molar-refractivity contribution is 0.0753. The van der Waals surface area contributed by atoms with Gasteiger partial charge in [0.05, 0.1) is 16.4 Å². The van der Waals surface area contributed by atoms with Crippen LogP contribution < -0.4 is 0 Å². The van der Waals surface area contributed by atoms with Crippen molar-refractivity contribution in [3.8, 4) is 11.1 Å². The number of hydrogen-bond acceptors (Lipinski definition) is 4. The highest BCUT2D eigenvalue weighted by Crippen LogP contribution is 2.30. The van der Waals surface area contributed by atoms with E-state index in [0.29, 0.717) is 11.3 Å². The largest absolute Gasteiger partial charge is 0.337 e. The van der Waals surface area contributed by atoms with Gasteiger partial charge in [-0.1, -0.05) is 30.3 Å². The summed E-state index contributed by atoms with van der Waals surface area (Å²) in [6, 6.07) is 11.5. The van der Waals surface area contributed by atoms with Crippen LogP contribution in [0.3, 0.4) is 0 Å². The smallest absolute Gasteiger partial charge is 0.264 e. The maximum atomic E-state index is 12.7. The highest BCUT2D eigenvalue weighted by Gasteiger charge is 2.33. The van der Waals surface area contributed by atoms with Gasteiger partial charge in [-0.15, -0.1) is 11.3 Å². The number of nitrogens with zero attached hydrogens (tertiary/aromatic N) is 1. The van der Waals surface area contributed by atoms with Crippen LogP contribution in [0.2, 0.25) is 0 Å². The Morgan fingerprint density at radius 3 is 2.59 bits per heavy atom. The molecule has 0 saturated carbocycles. The normalized spacial score (nSPS) is 20.0. The molecule has 1 amide bonds. The molecule has 3 rings (SSSR count). The van der Waals surface area contributed by atoms with E-state index in [-0.39, 0.29) is 23.5 Å². The summed E-state index contributed by atoms with van der Waals surface area (Å²) in [6.07, 6.45) is 0.524. The van der Waals surface area contributed by atoms with Crippen LogP contribution in [0, 0.1) is 0 Å². The molecule has 116 valence electrons. The predicted octanol–water partition coefficient (Wildman–Crippen LogP) is 2.67. The minimum Gasteiger partial charge on any atom is -0.337 e. The average molecular weight is 335 g/mol. The molecule has 1 fully saturated rings. The van der Waals surface area contributed by atoms with E-state index in [1.165, 1.54) is 11.3 Å². The van der Waals surface area contributed by atoms with Crippen LogP contribution in [-0.4, -0.2) is 43.8 Å². The lowest BCUT2D eigenvalue weighted by Crippen LogP contribution is -2.37. The van der Waals surface area contributed by atoms with Gasteiger partial charge < -0.3 is 4.90 Å². The average Bonchev–Trinajstić information content (AvgIpc) is 3.13. The van der Waals surface area contributed by atoms with Gasteiger partial charge in [-0.05, 0) is 23.4 Å². The first-order chi connectivity index (χ1) is 10.5. The van der Waals surface area contributed by atoms with Crippen LogP contribution >= 0.6 is 11.3 Å². The van der Waals surface area contributed by atoms with E-state index < -0.39 is 9.84 Å². The number of thiophene rings is 1. The van der Waals surface area contributed by atoms with Crippen LogP contribution in [0.5, 0.6) is 0 Å². The zero-order chi connectivity index (χ0) is 15.7. The summed E-state index contributed by atoms with van der Waals surface area (Å²) in [6.45, 7) is 0. The number of sulfone groups is 1. The van der Waals surface area contributed by atoms with E-state index in [4.69, 9.17) is 0 Å². The molecule has 1 unspecified atom stereocenters. The Morgan fingerprint density at radius 2 is 1.95 bits per heavy atom. The third kappa shape index (κ3) is 2.94. The van der Waals surface area contributed by atoms with Gasteiger partial charge in [0.15, 0.2) is 9.84 Å². The number of hydrogen-bond donors (Lipinski definition) is 0. The second kappa shape index (κ2) is 5.85.